The van der Waals surface area contributed by atoms with Crippen LogP contribution in [0.1, 0.15) is 6.42 Å². The van der Waals surface area contributed by atoms with Gasteiger partial charge in [-0.2, -0.15) is 0 Å². The number of rotatable bonds is 0. The van der Waals surface area contributed by atoms with E-state index in [0.29, 0.717) is 13.0 Å². The minimum Gasteiger partial charge on any atom is -0.343 e. The highest BCUT2D eigenvalue weighted by Crippen LogP contribution is 2.10. The maximum atomic E-state index is 12.2. The number of carbonyl (C=O) groups is 1. The van der Waals surface area contributed by atoms with Crippen LogP contribution in [0, 0.1) is 0 Å². The molecule has 0 aromatic carbocycles. The Bertz CT molecular complexity index is 103. The van der Waals surface area contributed by atoms with E-state index < -0.39 is 6.17 Å². The van der Waals surface area contributed by atoms with Crippen molar-refractivity contribution in [1.29, 1.82) is 0 Å². The number of alkyl halides is 1. The van der Waals surface area contributed by atoms with Gasteiger partial charge < -0.3 is 4.90 Å². The van der Waals surface area contributed by atoms with Crippen LogP contribution in [0.5, 0.6) is 0 Å². The molecule has 0 radical (unpaired) electrons. The van der Waals surface area contributed by atoms with Gasteiger partial charge in [0.25, 0.3) is 5.91 Å². The maximum absolute atomic E-state index is 12.2. The molecule has 1 rings (SSSR count). The van der Waals surface area contributed by atoms with Gasteiger partial charge in [0, 0.05) is 20.0 Å². The lowest BCUT2D eigenvalue weighted by Crippen LogP contribution is -2.22. The smallest absolute Gasteiger partial charge is 0.256 e. The van der Waals surface area contributed by atoms with Gasteiger partial charge in [-0.05, 0) is 0 Å². The van der Waals surface area contributed by atoms with Crippen molar-refractivity contribution >= 4 is 5.91 Å². The topological polar surface area (TPSA) is 20.3 Å². The standard InChI is InChI=1S/C5H8FNO/c1-7-3-2-4(6)5(7)8/h4H,2-3H2,1H3. The lowest BCUT2D eigenvalue weighted by molar-refractivity contribution is -0.130. The second-order valence-electron chi connectivity index (χ2n) is 2.02. The van der Waals surface area contributed by atoms with E-state index in [1.807, 2.05) is 0 Å². The van der Waals surface area contributed by atoms with Crippen molar-refractivity contribution in [3.63, 3.8) is 0 Å². The molecule has 0 bridgehead atoms. The van der Waals surface area contributed by atoms with Crippen molar-refractivity contribution in [2.24, 2.45) is 0 Å². The molecule has 1 unspecified atom stereocenters. The zero-order valence-corrected chi connectivity index (χ0v) is 4.72. The van der Waals surface area contributed by atoms with Gasteiger partial charge in [0.1, 0.15) is 0 Å². The number of nitrogens with zero attached hydrogens (tertiary/aromatic N) is 1. The first kappa shape index (κ1) is 5.54. The molecule has 1 aliphatic rings. The van der Waals surface area contributed by atoms with Gasteiger partial charge in [0.05, 0.1) is 0 Å². The highest BCUT2D eigenvalue weighted by Gasteiger charge is 2.27. The summed E-state index contributed by atoms with van der Waals surface area (Å²) in [5, 5.41) is 0. The summed E-state index contributed by atoms with van der Waals surface area (Å²) in [5.41, 5.74) is 0. The Morgan fingerprint density at radius 2 is 2.50 bits per heavy atom. The number of hydrogen-bond acceptors (Lipinski definition) is 1. The molecule has 8 heavy (non-hydrogen) atoms. The maximum Gasteiger partial charge on any atom is 0.256 e. The average Bonchev–Trinajstić information content (AvgIpc) is 1.98. The molecule has 1 aliphatic heterocycles. The predicted molar refractivity (Wildman–Crippen MR) is 27.1 cm³/mol. The number of hydrogen-bond donors (Lipinski definition) is 0. The third-order valence-electron chi connectivity index (χ3n) is 1.36. The Morgan fingerprint density at radius 3 is 2.62 bits per heavy atom. The first-order valence-corrected chi connectivity index (χ1v) is 2.61. The van der Waals surface area contributed by atoms with Gasteiger partial charge in [0.2, 0.25) is 0 Å². The van der Waals surface area contributed by atoms with Crippen molar-refractivity contribution in [3.8, 4) is 0 Å². The first-order chi connectivity index (χ1) is 3.72. The van der Waals surface area contributed by atoms with E-state index in [1.165, 1.54) is 4.90 Å². The van der Waals surface area contributed by atoms with E-state index >= 15 is 0 Å². The fraction of sp³-hybridized carbons (Fsp3) is 0.800. The van der Waals surface area contributed by atoms with Crippen LogP contribution < -0.4 is 0 Å². The quantitative estimate of drug-likeness (QED) is 0.443. The van der Waals surface area contributed by atoms with Crippen LogP contribution >= 0.6 is 0 Å². The van der Waals surface area contributed by atoms with E-state index in [9.17, 15) is 9.18 Å². The number of carbonyl (C=O) groups excluding carboxylic acids is 1. The van der Waals surface area contributed by atoms with Crippen LogP contribution in [0.25, 0.3) is 0 Å². The van der Waals surface area contributed by atoms with E-state index in [-0.39, 0.29) is 5.91 Å². The fourth-order valence-corrected chi connectivity index (χ4v) is 0.780. The van der Waals surface area contributed by atoms with Crippen LogP contribution in [0.3, 0.4) is 0 Å². The molecule has 2 nitrogen and oxygen atoms in total. The molecule has 0 aromatic heterocycles. The molecule has 0 spiro atoms. The van der Waals surface area contributed by atoms with Crippen LogP contribution in [-0.4, -0.2) is 30.6 Å². The minimum absolute atomic E-state index is 0.370. The van der Waals surface area contributed by atoms with Crippen molar-refractivity contribution in [3.05, 3.63) is 0 Å². The van der Waals surface area contributed by atoms with E-state index in [1.54, 1.807) is 7.05 Å². The van der Waals surface area contributed by atoms with Crippen molar-refractivity contribution in [2.45, 2.75) is 12.6 Å². The zero-order chi connectivity index (χ0) is 6.15. The second kappa shape index (κ2) is 1.73. The Morgan fingerprint density at radius 1 is 1.88 bits per heavy atom. The highest BCUT2D eigenvalue weighted by molar-refractivity contribution is 5.82. The average molecular weight is 117 g/mol. The lowest BCUT2D eigenvalue weighted by atomic mass is 10.3. The minimum atomic E-state index is -1.22. The largest absolute Gasteiger partial charge is 0.343 e. The number of halogens is 1. The Hall–Kier alpha value is -0.600. The molecule has 0 saturated carbocycles. The van der Waals surface area contributed by atoms with E-state index in [2.05, 4.69) is 0 Å². The summed E-state index contributed by atoms with van der Waals surface area (Å²) in [6, 6.07) is 0. The Kier molecular flexibility index (Phi) is 1.19. The van der Waals surface area contributed by atoms with Gasteiger partial charge in [-0.15, -0.1) is 0 Å². The van der Waals surface area contributed by atoms with Gasteiger partial charge in [-0.25, -0.2) is 4.39 Å². The Labute approximate surface area is 47.3 Å². The van der Waals surface area contributed by atoms with Crippen LogP contribution in [-0.2, 0) is 4.79 Å². The second-order valence-corrected chi connectivity index (χ2v) is 2.02. The van der Waals surface area contributed by atoms with E-state index in [4.69, 9.17) is 0 Å². The lowest BCUT2D eigenvalue weighted by Gasteiger charge is -2.03. The van der Waals surface area contributed by atoms with Crippen LogP contribution in [0.15, 0.2) is 0 Å². The summed E-state index contributed by atoms with van der Waals surface area (Å²) in [7, 11) is 1.61. The molecule has 1 amide bonds. The molecule has 1 atom stereocenters. The molecule has 0 N–H and O–H groups in total. The van der Waals surface area contributed by atoms with Crippen molar-refractivity contribution in [2.75, 3.05) is 13.6 Å². The van der Waals surface area contributed by atoms with Gasteiger partial charge >= 0.3 is 0 Å². The van der Waals surface area contributed by atoms with E-state index in [0.717, 1.165) is 0 Å². The predicted octanol–water partition coefficient (Wildman–Crippen LogP) is 0.187. The molecule has 1 heterocycles. The highest BCUT2D eigenvalue weighted by atomic mass is 19.1. The summed E-state index contributed by atoms with van der Waals surface area (Å²) in [4.78, 5) is 11.9. The number of amides is 1. The summed E-state index contributed by atoms with van der Waals surface area (Å²) in [6.07, 6.45) is -0.852. The van der Waals surface area contributed by atoms with Crippen LogP contribution in [0.2, 0.25) is 0 Å². The van der Waals surface area contributed by atoms with Gasteiger partial charge in [-0.1, -0.05) is 0 Å². The summed E-state index contributed by atoms with van der Waals surface area (Å²) in [5.74, 6) is -0.370. The van der Waals surface area contributed by atoms with Gasteiger partial charge in [-0.3, -0.25) is 4.79 Å². The molecular formula is C5H8FNO. The fourth-order valence-electron chi connectivity index (χ4n) is 0.780. The third kappa shape index (κ3) is 0.680. The molecule has 0 aliphatic carbocycles. The first-order valence-electron chi connectivity index (χ1n) is 2.61. The summed E-state index contributed by atoms with van der Waals surface area (Å²) >= 11 is 0. The van der Waals surface area contributed by atoms with Gasteiger partial charge in [0.15, 0.2) is 6.17 Å². The molecular weight excluding hydrogens is 109 g/mol. The third-order valence-corrected chi connectivity index (χ3v) is 1.36. The normalized spacial score (nSPS) is 29.5. The van der Waals surface area contributed by atoms with Crippen molar-refractivity contribution in [1.82, 2.24) is 4.90 Å². The molecule has 46 valence electrons. The van der Waals surface area contributed by atoms with Crippen molar-refractivity contribution < 1.29 is 9.18 Å². The summed E-state index contributed by atoms with van der Waals surface area (Å²) < 4.78 is 12.2. The summed E-state index contributed by atoms with van der Waals surface area (Å²) in [6.45, 7) is 0.569. The molecule has 0 aromatic rings. The molecule has 1 fully saturated rings. The SMILES string of the molecule is CN1CCC(F)C1=O. The number of likely N-dealkylation sites (tertiary alicyclic amines) is 1. The zero-order valence-electron chi connectivity index (χ0n) is 4.72. The Balaban J connectivity index is 2.57. The monoisotopic (exact) mass is 117 g/mol. The molecule has 3 heteroatoms. The van der Waals surface area contributed by atoms with Crippen LogP contribution in [0.4, 0.5) is 4.39 Å². The molecule has 1 saturated heterocycles.